The largest absolute Gasteiger partial charge is 0.480 e. The van der Waals surface area contributed by atoms with Crippen molar-refractivity contribution in [3.8, 4) is 5.88 Å². The molecule has 0 amide bonds. The van der Waals surface area contributed by atoms with E-state index in [-0.39, 0.29) is 17.6 Å². The highest BCUT2D eigenvalue weighted by Crippen LogP contribution is 2.39. The molecule has 0 bridgehead atoms. The van der Waals surface area contributed by atoms with Crippen LogP contribution in [0.15, 0.2) is 30.5 Å². The van der Waals surface area contributed by atoms with E-state index in [0.29, 0.717) is 22.5 Å². The van der Waals surface area contributed by atoms with Crippen LogP contribution in [-0.4, -0.2) is 32.8 Å². The molecular weight excluding hydrogens is 294 g/mol. The molecule has 3 aromatic heterocycles. The van der Waals surface area contributed by atoms with E-state index in [1.807, 2.05) is 12.1 Å². The van der Waals surface area contributed by atoms with Crippen molar-refractivity contribution in [1.82, 2.24) is 19.7 Å². The Hall–Kier alpha value is -2.96. The Labute approximate surface area is 132 Å². The molecule has 3 aromatic rings. The van der Waals surface area contributed by atoms with Crippen molar-refractivity contribution in [2.45, 2.75) is 18.8 Å². The number of nitrogens with zero attached hydrogens (tertiary/aromatic N) is 4. The summed E-state index contributed by atoms with van der Waals surface area (Å²) in [5, 5.41) is 4.83. The zero-order valence-electron chi connectivity index (χ0n) is 12.6. The quantitative estimate of drug-likeness (QED) is 0.794. The van der Waals surface area contributed by atoms with Gasteiger partial charge in [-0.2, -0.15) is 4.68 Å². The summed E-state index contributed by atoms with van der Waals surface area (Å²) in [4.78, 5) is 21.5. The van der Waals surface area contributed by atoms with E-state index in [0.717, 1.165) is 18.5 Å². The fraction of sp³-hybridized carbons (Fsp3) is 0.250. The van der Waals surface area contributed by atoms with Crippen LogP contribution in [-0.2, 0) is 0 Å². The molecule has 0 aromatic carbocycles. The van der Waals surface area contributed by atoms with Gasteiger partial charge in [-0.15, -0.1) is 5.10 Å². The Morgan fingerprint density at radius 1 is 1.35 bits per heavy atom. The van der Waals surface area contributed by atoms with E-state index in [9.17, 15) is 4.79 Å². The summed E-state index contributed by atoms with van der Waals surface area (Å²) in [6.07, 6.45) is 3.83. The summed E-state index contributed by atoms with van der Waals surface area (Å²) in [5.41, 5.74) is 7.70. The van der Waals surface area contributed by atoms with Crippen LogP contribution in [0.25, 0.3) is 11.0 Å². The first-order chi connectivity index (χ1) is 11.2. The molecule has 4 rings (SSSR count). The first-order valence-electron chi connectivity index (χ1n) is 7.38. The number of fused-ring (bicyclic) bond motifs is 1. The van der Waals surface area contributed by atoms with Crippen LogP contribution < -0.4 is 10.5 Å². The molecule has 0 aliphatic heterocycles. The van der Waals surface area contributed by atoms with Crippen molar-refractivity contribution >= 4 is 22.8 Å². The third-order valence-electron chi connectivity index (χ3n) is 3.96. The fourth-order valence-electron chi connectivity index (χ4n) is 2.61. The minimum absolute atomic E-state index is 0.248. The lowest BCUT2D eigenvalue weighted by Gasteiger charge is -2.06. The molecule has 116 valence electrons. The van der Waals surface area contributed by atoms with Gasteiger partial charge in [0.25, 0.3) is 5.91 Å². The average Bonchev–Trinajstić information content (AvgIpc) is 3.39. The molecule has 0 spiro atoms. The number of carbonyl (C=O) groups is 1. The summed E-state index contributed by atoms with van der Waals surface area (Å²) >= 11 is 0. The highest BCUT2D eigenvalue weighted by Gasteiger charge is 2.27. The van der Waals surface area contributed by atoms with Crippen LogP contribution in [0.5, 0.6) is 5.88 Å². The number of carbonyl (C=O) groups excluding carboxylic acids is 1. The van der Waals surface area contributed by atoms with Crippen molar-refractivity contribution in [3.63, 3.8) is 0 Å². The standard InChI is InChI=1S/C16H15N5O2/c1-23-15-11(3-2-8-18-15)16(22)21-14-10(13(17)20-21)6-7-12(19-14)9-4-5-9/h2-3,6-9H,4-5H2,1H3,(H2,17,20). The van der Waals surface area contributed by atoms with Gasteiger partial charge in [0.15, 0.2) is 11.5 Å². The smallest absolute Gasteiger partial charge is 0.285 e. The van der Waals surface area contributed by atoms with Crippen molar-refractivity contribution in [1.29, 1.82) is 0 Å². The molecule has 1 aliphatic rings. The van der Waals surface area contributed by atoms with Gasteiger partial charge in [0.1, 0.15) is 5.56 Å². The summed E-state index contributed by atoms with van der Waals surface area (Å²) in [7, 11) is 1.47. The van der Waals surface area contributed by atoms with Crippen molar-refractivity contribution in [2.75, 3.05) is 12.8 Å². The molecule has 0 atom stereocenters. The average molecular weight is 309 g/mol. The van der Waals surface area contributed by atoms with Crippen molar-refractivity contribution < 1.29 is 9.53 Å². The second-order valence-corrected chi connectivity index (χ2v) is 5.54. The molecule has 7 nitrogen and oxygen atoms in total. The maximum atomic E-state index is 12.8. The molecule has 1 fully saturated rings. The molecule has 7 heteroatoms. The Kier molecular flexibility index (Phi) is 3.00. The third kappa shape index (κ3) is 2.21. The summed E-state index contributed by atoms with van der Waals surface area (Å²) in [6, 6.07) is 7.15. The maximum Gasteiger partial charge on any atom is 0.285 e. The minimum atomic E-state index is -0.364. The third-order valence-corrected chi connectivity index (χ3v) is 3.96. The lowest BCUT2D eigenvalue weighted by Crippen LogP contribution is -2.16. The van der Waals surface area contributed by atoms with Gasteiger partial charge in [0.2, 0.25) is 5.88 Å². The zero-order valence-corrected chi connectivity index (χ0v) is 12.6. The number of ether oxygens (including phenoxy) is 1. The van der Waals surface area contributed by atoms with E-state index in [2.05, 4.69) is 15.1 Å². The van der Waals surface area contributed by atoms with Gasteiger partial charge >= 0.3 is 0 Å². The van der Waals surface area contributed by atoms with Crippen LogP contribution in [0.1, 0.15) is 34.8 Å². The molecule has 2 N–H and O–H groups in total. The summed E-state index contributed by atoms with van der Waals surface area (Å²) in [6.45, 7) is 0. The maximum absolute atomic E-state index is 12.8. The Morgan fingerprint density at radius 3 is 2.91 bits per heavy atom. The van der Waals surface area contributed by atoms with E-state index in [4.69, 9.17) is 10.5 Å². The number of pyridine rings is 2. The van der Waals surface area contributed by atoms with E-state index < -0.39 is 0 Å². The van der Waals surface area contributed by atoms with E-state index in [1.165, 1.54) is 11.8 Å². The van der Waals surface area contributed by atoms with E-state index >= 15 is 0 Å². The number of hydrogen-bond acceptors (Lipinski definition) is 6. The van der Waals surface area contributed by atoms with Crippen molar-refractivity contribution in [3.05, 3.63) is 41.7 Å². The normalized spacial score (nSPS) is 14.1. The SMILES string of the molecule is COc1ncccc1C(=O)n1nc(N)c2ccc(C3CC3)nc21. The Morgan fingerprint density at radius 2 is 2.17 bits per heavy atom. The van der Waals surface area contributed by atoms with Gasteiger partial charge in [-0.05, 0) is 37.1 Å². The Balaban J connectivity index is 1.87. The highest BCUT2D eigenvalue weighted by molar-refractivity contribution is 6.03. The zero-order chi connectivity index (χ0) is 16.0. The number of nitrogens with two attached hydrogens (primary N) is 1. The summed E-state index contributed by atoms with van der Waals surface area (Å²) < 4.78 is 6.39. The van der Waals surface area contributed by atoms with Crippen LogP contribution in [0.4, 0.5) is 5.82 Å². The number of nitrogen functional groups attached to an aromatic ring is 1. The molecule has 0 saturated heterocycles. The first-order valence-corrected chi connectivity index (χ1v) is 7.38. The van der Waals surface area contributed by atoms with Gasteiger partial charge in [0, 0.05) is 17.8 Å². The fourth-order valence-corrected chi connectivity index (χ4v) is 2.61. The molecule has 1 saturated carbocycles. The van der Waals surface area contributed by atoms with Gasteiger partial charge in [0.05, 0.1) is 12.5 Å². The van der Waals surface area contributed by atoms with Crippen LogP contribution in [0.3, 0.4) is 0 Å². The monoisotopic (exact) mass is 309 g/mol. The predicted octanol–water partition coefficient (Wildman–Crippen LogP) is 1.98. The van der Waals surface area contributed by atoms with Gasteiger partial charge < -0.3 is 10.5 Å². The number of aromatic nitrogens is 4. The van der Waals surface area contributed by atoms with Crippen LogP contribution in [0, 0.1) is 0 Å². The van der Waals surface area contributed by atoms with Gasteiger partial charge in [-0.3, -0.25) is 4.79 Å². The van der Waals surface area contributed by atoms with Crippen molar-refractivity contribution in [2.24, 2.45) is 0 Å². The van der Waals surface area contributed by atoms with Crippen LogP contribution >= 0.6 is 0 Å². The Bertz CT molecular complexity index is 914. The molecule has 3 heterocycles. The number of anilines is 1. The van der Waals surface area contributed by atoms with Gasteiger partial charge in [-0.1, -0.05) is 0 Å². The topological polar surface area (TPSA) is 95.9 Å². The lowest BCUT2D eigenvalue weighted by atomic mass is 10.2. The molecule has 1 aliphatic carbocycles. The highest BCUT2D eigenvalue weighted by atomic mass is 16.5. The first kappa shape index (κ1) is 13.7. The predicted molar refractivity (Wildman–Crippen MR) is 84.4 cm³/mol. The van der Waals surface area contributed by atoms with Gasteiger partial charge in [-0.25, -0.2) is 9.97 Å². The number of rotatable bonds is 3. The van der Waals surface area contributed by atoms with Crippen LogP contribution in [0.2, 0.25) is 0 Å². The second-order valence-electron chi connectivity index (χ2n) is 5.54. The second kappa shape index (κ2) is 5.05. The minimum Gasteiger partial charge on any atom is -0.480 e. The molecule has 23 heavy (non-hydrogen) atoms. The number of methoxy groups -OCH3 is 1. The summed E-state index contributed by atoms with van der Waals surface area (Å²) in [5.74, 6) is 0.647. The lowest BCUT2D eigenvalue weighted by molar-refractivity contribution is 0.0946. The number of hydrogen-bond donors (Lipinski definition) is 1. The molecular formula is C16H15N5O2. The molecule has 0 radical (unpaired) electrons. The van der Waals surface area contributed by atoms with E-state index in [1.54, 1.807) is 18.3 Å². The molecule has 0 unspecified atom stereocenters.